The van der Waals surface area contributed by atoms with Crippen molar-refractivity contribution in [2.24, 2.45) is 35.5 Å². The second kappa shape index (κ2) is 25.1. The van der Waals surface area contributed by atoms with Crippen molar-refractivity contribution < 1.29 is 57.3 Å². The summed E-state index contributed by atoms with van der Waals surface area (Å²) >= 11 is 0. The number of carboxylic acid groups (broad SMARTS) is 1. The van der Waals surface area contributed by atoms with Crippen LogP contribution in [0.15, 0.2) is 36.4 Å². The van der Waals surface area contributed by atoms with E-state index < -0.39 is 71.9 Å². The quantitative estimate of drug-likeness (QED) is 0.0840. The number of carboxylic acids is 1. The number of piperidine rings is 1. The van der Waals surface area contributed by atoms with E-state index in [9.17, 15) is 47.9 Å². The number of carbonyl (C=O) groups excluding carboxylic acids is 7. The maximum atomic E-state index is 14.7. The molecular formula is C51H77FN6O11. The van der Waals surface area contributed by atoms with Gasteiger partial charge in [0.05, 0.1) is 36.6 Å². The number of nitrogens with zero attached hydrogens (tertiary/aromatic N) is 4. The highest BCUT2D eigenvalue weighted by Crippen LogP contribution is 2.54. The molecule has 2 heterocycles. The van der Waals surface area contributed by atoms with Gasteiger partial charge in [0.25, 0.3) is 11.8 Å². The first-order chi connectivity index (χ1) is 32.5. The van der Waals surface area contributed by atoms with Gasteiger partial charge in [0.2, 0.25) is 29.5 Å². The average molecular weight is 969 g/mol. The van der Waals surface area contributed by atoms with Crippen molar-refractivity contribution in [2.75, 3.05) is 34.9 Å². The van der Waals surface area contributed by atoms with Crippen molar-refractivity contribution in [3.05, 3.63) is 47.8 Å². The average Bonchev–Trinajstić information content (AvgIpc) is 3.56. The van der Waals surface area contributed by atoms with Crippen LogP contribution < -0.4 is 10.6 Å². The van der Waals surface area contributed by atoms with Gasteiger partial charge in [0, 0.05) is 65.9 Å². The molecule has 69 heavy (non-hydrogen) atoms. The molecule has 3 aliphatic rings. The van der Waals surface area contributed by atoms with Crippen LogP contribution in [-0.4, -0.2) is 155 Å². The summed E-state index contributed by atoms with van der Waals surface area (Å²) in [6.45, 7) is 15.2. The summed E-state index contributed by atoms with van der Waals surface area (Å²) in [6.07, 6.45) is 3.48. The molecule has 3 N–H and O–H groups in total. The third-order valence-corrected chi connectivity index (χ3v) is 14.7. The molecule has 384 valence electrons. The van der Waals surface area contributed by atoms with Gasteiger partial charge in [-0.15, -0.1) is 0 Å². The fourth-order valence-electron chi connectivity index (χ4n) is 10.4. The van der Waals surface area contributed by atoms with Crippen molar-refractivity contribution in [2.45, 2.75) is 155 Å². The SMILES string of the molecule is CC[C@H](C)[C@@H]([C@@H](CC(=O)N1C2C(C)C2C[C@H]1[C@H](OC)[C@@H](C)C(=O)N[C@@H](Cc1ccccc1F)C(=O)O)OC)N(C)C(=O)[C@@H](NC(=O)[C@H](C(C)C)N(C)C(=O)CCCCCN1C(=O)C=CC1=O)C(C)C. The maximum absolute atomic E-state index is 14.7. The first kappa shape index (κ1) is 56.4. The molecule has 18 heteroatoms. The van der Waals surface area contributed by atoms with E-state index in [0.717, 1.165) is 4.90 Å². The summed E-state index contributed by atoms with van der Waals surface area (Å²) in [5.74, 6) is -5.94. The predicted octanol–water partition coefficient (Wildman–Crippen LogP) is 4.21. The van der Waals surface area contributed by atoms with Crippen LogP contribution in [0.25, 0.3) is 0 Å². The van der Waals surface area contributed by atoms with Crippen LogP contribution in [-0.2, 0) is 54.3 Å². The number of nitrogens with one attached hydrogen (secondary N) is 2. The Morgan fingerprint density at radius 3 is 2.06 bits per heavy atom. The summed E-state index contributed by atoms with van der Waals surface area (Å²) in [4.78, 5) is 113. The lowest BCUT2D eigenvalue weighted by Gasteiger charge is -2.41. The predicted molar refractivity (Wildman–Crippen MR) is 255 cm³/mol. The van der Waals surface area contributed by atoms with E-state index in [1.165, 1.54) is 49.5 Å². The van der Waals surface area contributed by atoms with Crippen LogP contribution >= 0.6 is 0 Å². The Hall–Kier alpha value is -5.23. The number of rotatable bonds is 27. The molecule has 7 amide bonds. The van der Waals surface area contributed by atoms with Crippen LogP contribution in [0.5, 0.6) is 0 Å². The molecular weight excluding hydrogens is 892 g/mol. The van der Waals surface area contributed by atoms with E-state index in [0.29, 0.717) is 32.1 Å². The number of methoxy groups -OCH3 is 2. The number of hydrogen-bond acceptors (Lipinski definition) is 10. The standard InChI is InChI=1S/C51H77FN6O11/c1-13-30(6)45(56(10)50(65)43(28(2)3)54-49(64)44(29(4)5)55(9)39(59)21-15-14-18-24-57-40(60)22-23-41(57)61)38(68-11)27-42(62)58-37(26-34-31(7)46(34)58)47(69-12)32(8)48(63)53-36(51(66)67)25-33-19-16-17-20-35(33)52/h16-17,19-20,22-23,28-32,34,36-38,43-47H,13-15,18,21,24-27H2,1-12H3,(H,53,63)(H,54,64)(H,66,67)/t30-,31?,32+,34?,36-,37-,38+,43-,44-,45-,46?,47+/m0/s1. The van der Waals surface area contributed by atoms with Gasteiger partial charge < -0.3 is 39.9 Å². The molecule has 12 atom stereocenters. The van der Waals surface area contributed by atoms with Gasteiger partial charge in [-0.2, -0.15) is 0 Å². The summed E-state index contributed by atoms with van der Waals surface area (Å²) in [6, 6.07) is 1.24. The van der Waals surface area contributed by atoms with Gasteiger partial charge in [0.1, 0.15) is 23.9 Å². The van der Waals surface area contributed by atoms with Crippen LogP contribution in [0, 0.1) is 41.3 Å². The highest BCUT2D eigenvalue weighted by Gasteiger charge is 2.62. The summed E-state index contributed by atoms with van der Waals surface area (Å²) < 4.78 is 26.5. The second-order valence-electron chi connectivity index (χ2n) is 20.0. The van der Waals surface area contributed by atoms with E-state index in [-0.39, 0.29) is 96.5 Å². The topological polar surface area (TPSA) is 212 Å². The second-order valence-corrected chi connectivity index (χ2v) is 20.0. The lowest BCUT2D eigenvalue weighted by atomic mass is 9.89. The van der Waals surface area contributed by atoms with Crippen molar-refractivity contribution in [3.63, 3.8) is 0 Å². The molecule has 0 spiro atoms. The fourth-order valence-corrected chi connectivity index (χ4v) is 10.4. The molecule has 4 rings (SSSR count). The van der Waals surface area contributed by atoms with Gasteiger partial charge in [0.15, 0.2) is 0 Å². The lowest BCUT2D eigenvalue weighted by Crippen LogP contribution is -2.60. The smallest absolute Gasteiger partial charge is 0.326 e. The molecule has 0 aromatic heterocycles. The monoisotopic (exact) mass is 969 g/mol. The van der Waals surface area contributed by atoms with Crippen LogP contribution in [0.1, 0.15) is 106 Å². The first-order valence-electron chi connectivity index (χ1n) is 24.5. The highest BCUT2D eigenvalue weighted by molar-refractivity contribution is 6.12. The fraction of sp³-hybridized carbons (Fsp3) is 0.686. The normalized spacial score (nSPS) is 22.1. The number of amides is 7. The third kappa shape index (κ3) is 13.6. The van der Waals surface area contributed by atoms with Gasteiger partial charge in [-0.1, -0.05) is 86.4 Å². The highest BCUT2D eigenvalue weighted by atomic mass is 19.1. The number of benzene rings is 1. The van der Waals surface area contributed by atoms with E-state index in [1.807, 2.05) is 41.5 Å². The zero-order chi connectivity index (χ0) is 51.6. The van der Waals surface area contributed by atoms with Crippen LogP contribution in [0.3, 0.4) is 0 Å². The van der Waals surface area contributed by atoms with E-state index in [4.69, 9.17) is 9.47 Å². The third-order valence-electron chi connectivity index (χ3n) is 14.7. The molecule has 1 aromatic rings. The molecule has 2 aliphatic heterocycles. The van der Waals surface area contributed by atoms with Gasteiger partial charge in [-0.25, -0.2) is 9.18 Å². The maximum Gasteiger partial charge on any atom is 0.326 e. The number of ether oxygens (including phenoxy) is 2. The minimum Gasteiger partial charge on any atom is -0.480 e. The molecule has 0 bridgehead atoms. The number of likely N-dealkylation sites (N-methyl/N-ethyl adjacent to an activating group) is 2. The number of likely N-dealkylation sites (tertiary alicyclic amines) is 1. The molecule has 1 saturated heterocycles. The Kier molecular flexibility index (Phi) is 20.5. The number of imide groups is 1. The molecule has 1 aliphatic carbocycles. The number of halogens is 1. The largest absolute Gasteiger partial charge is 0.480 e. The minimum absolute atomic E-state index is 0.108. The zero-order valence-corrected chi connectivity index (χ0v) is 42.6. The number of fused-ring (bicyclic) bond motifs is 1. The Morgan fingerprint density at radius 1 is 0.870 bits per heavy atom. The number of aliphatic carboxylic acids is 1. The Balaban J connectivity index is 1.46. The van der Waals surface area contributed by atoms with Gasteiger partial charge >= 0.3 is 5.97 Å². The van der Waals surface area contributed by atoms with E-state index >= 15 is 0 Å². The zero-order valence-electron chi connectivity index (χ0n) is 42.6. The summed E-state index contributed by atoms with van der Waals surface area (Å²) in [5.41, 5.74) is 0.146. The number of unbranched alkanes of at least 4 members (excludes halogenated alkanes) is 2. The Bertz CT molecular complexity index is 2030. The van der Waals surface area contributed by atoms with Crippen molar-refractivity contribution >= 4 is 47.3 Å². The van der Waals surface area contributed by atoms with Crippen LogP contribution in [0.2, 0.25) is 0 Å². The summed E-state index contributed by atoms with van der Waals surface area (Å²) in [7, 11) is 6.17. The van der Waals surface area contributed by atoms with Gasteiger partial charge in [-0.05, 0) is 60.5 Å². The molecule has 0 radical (unpaired) electrons. The first-order valence-corrected chi connectivity index (χ1v) is 24.5. The molecule has 2 fully saturated rings. The number of carbonyl (C=O) groups is 8. The number of hydrogen-bond donors (Lipinski definition) is 3. The minimum atomic E-state index is -1.41. The van der Waals surface area contributed by atoms with E-state index in [2.05, 4.69) is 17.6 Å². The molecule has 3 unspecified atom stereocenters. The van der Waals surface area contributed by atoms with E-state index in [1.54, 1.807) is 36.9 Å². The Morgan fingerprint density at radius 2 is 1.51 bits per heavy atom. The lowest BCUT2D eigenvalue weighted by molar-refractivity contribution is -0.150. The van der Waals surface area contributed by atoms with Crippen molar-refractivity contribution in [1.82, 2.24) is 30.2 Å². The van der Waals surface area contributed by atoms with Crippen molar-refractivity contribution in [1.29, 1.82) is 0 Å². The Labute approximate surface area is 407 Å². The molecule has 17 nitrogen and oxygen atoms in total. The van der Waals surface area contributed by atoms with Crippen molar-refractivity contribution in [3.8, 4) is 0 Å². The molecule has 1 aromatic carbocycles. The molecule has 1 saturated carbocycles. The van der Waals surface area contributed by atoms with Gasteiger partial charge in [-0.3, -0.25) is 38.5 Å². The summed E-state index contributed by atoms with van der Waals surface area (Å²) in [5, 5.41) is 15.5. The van der Waals surface area contributed by atoms with Crippen LogP contribution in [0.4, 0.5) is 4.39 Å².